The van der Waals surface area contributed by atoms with Gasteiger partial charge in [-0.15, -0.1) is 12.4 Å². The van der Waals surface area contributed by atoms with Crippen LogP contribution in [0.3, 0.4) is 0 Å². The molecule has 5 heteroatoms. The highest BCUT2D eigenvalue weighted by Gasteiger charge is 2.28. The summed E-state index contributed by atoms with van der Waals surface area (Å²) in [5, 5.41) is 9.59. The summed E-state index contributed by atoms with van der Waals surface area (Å²) in [5.74, 6) is -0.376. The maximum absolute atomic E-state index is 13.0. The zero-order chi connectivity index (χ0) is 11.6. The van der Waals surface area contributed by atoms with E-state index in [1.807, 2.05) is 0 Å². The molecule has 0 radical (unpaired) electrons. The van der Waals surface area contributed by atoms with Crippen molar-refractivity contribution in [3.63, 3.8) is 0 Å². The van der Waals surface area contributed by atoms with Gasteiger partial charge in [0.2, 0.25) is 0 Å². The monoisotopic (exact) mass is 267 g/mol. The van der Waals surface area contributed by atoms with Gasteiger partial charge in [0.05, 0.1) is 0 Å². The molecule has 0 bridgehead atoms. The van der Waals surface area contributed by atoms with Gasteiger partial charge in [-0.1, -0.05) is 25.4 Å². The Kier molecular flexibility index (Phi) is 5.70. The van der Waals surface area contributed by atoms with E-state index >= 15 is 0 Å². The molecule has 1 aromatic carbocycles. The molecule has 0 aromatic heterocycles. The number of nitrogens with two attached hydrogens (primary N) is 1. The number of hydrogen-bond donors (Lipinski definition) is 2. The van der Waals surface area contributed by atoms with Gasteiger partial charge in [0, 0.05) is 23.1 Å². The molecule has 0 aliphatic heterocycles. The van der Waals surface area contributed by atoms with Gasteiger partial charge in [0.25, 0.3) is 0 Å². The highest BCUT2D eigenvalue weighted by molar-refractivity contribution is 6.31. The summed E-state index contributed by atoms with van der Waals surface area (Å²) in [6, 6.07) is 3.57. The van der Waals surface area contributed by atoms with Crippen LogP contribution >= 0.6 is 24.0 Å². The van der Waals surface area contributed by atoms with Gasteiger partial charge in [-0.3, -0.25) is 0 Å². The number of benzene rings is 1. The zero-order valence-electron chi connectivity index (χ0n) is 9.21. The Bertz CT molecular complexity index is 358. The Morgan fingerprint density at radius 3 is 2.56 bits per heavy atom. The van der Waals surface area contributed by atoms with Gasteiger partial charge < -0.3 is 10.8 Å². The van der Waals surface area contributed by atoms with E-state index in [9.17, 15) is 4.39 Å². The second-order valence-corrected chi connectivity index (χ2v) is 4.70. The zero-order valence-corrected chi connectivity index (χ0v) is 10.8. The number of rotatable bonds is 3. The van der Waals surface area contributed by atoms with Crippen LogP contribution in [0.1, 0.15) is 25.5 Å². The van der Waals surface area contributed by atoms with Gasteiger partial charge in [0.1, 0.15) is 5.82 Å². The van der Waals surface area contributed by atoms with Crippen LogP contribution in [0.2, 0.25) is 5.02 Å². The maximum Gasteiger partial charge on any atom is 0.123 e. The van der Waals surface area contributed by atoms with Gasteiger partial charge in [-0.25, -0.2) is 4.39 Å². The molecule has 0 amide bonds. The minimum Gasteiger partial charge on any atom is -0.396 e. The Labute approximate surface area is 106 Å². The van der Waals surface area contributed by atoms with Gasteiger partial charge >= 0.3 is 0 Å². The first-order valence-corrected chi connectivity index (χ1v) is 5.07. The second-order valence-electron chi connectivity index (χ2n) is 4.29. The molecule has 1 aromatic rings. The smallest absolute Gasteiger partial charge is 0.123 e. The molecule has 16 heavy (non-hydrogen) atoms. The first-order valence-electron chi connectivity index (χ1n) is 4.70. The summed E-state index contributed by atoms with van der Waals surface area (Å²) in [4.78, 5) is 0. The summed E-state index contributed by atoms with van der Waals surface area (Å²) in [7, 11) is 0. The van der Waals surface area contributed by atoms with Gasteiger partial charge in [-0.2, -0.15) is 0 Å². The topological polar surface area (TPSA) is 46.2 Å². The van der Waals surface area contributed by atoms with Crippen molar-refractivity contribution in [2.75, 3.05) is 6.61 Å². The first kappa shape index (κ1) is 15.7. The van der Waals surface area contributed by atoms with Crippen LogP contribution in [0.4, 0.5) is 4.39 Å². The molecule has 2 nitrogen and oxygen atoms in total. The number of halogens is 3. The molecule has 0 saturated carbocycles. The summed E-state index contributed by atoms with van der Waals surface area (Å²) in [5.41, 5.74) is 5.94. The SMILES string of the molecule is CC(C)(CO)[C@@H](N)c1cc(F)ccc1Cl.Cl. The molecule has 0 aliphatic rings. The molecule has 3 N–H and O–H groups in total. The third kappa shape index (κ3) is 3.32. The summed E-state index contributed by atoms with van der Waals surface area (Å²) in [6.07, 6.45) is 0. The summed E-state index contributed by atoms with van der Waals surface area (Å²) in [6.45, 7) is 3.53. The van der Waals surface area contributed by atoms with Crippen molar-refractivity contribution < 1.29 is 9.50 Å². The van der Waals surface area contributed by atoms with Gasteiger partial charge in [-0.05, 0) is 23.8 Å². The van der Waals surface area contributed by atoms with E-state index < -0.39 is 11.5 Å². The maximum atomic E-state index is 13.0. The standard InChI is InChI=1S/C11H15ClFNO.ClH/c1-11(2,6-15)10(14)8-5-7(13)3-4-9(8)12;/h3-5,10,15H,6,14H2,1-2H3;1H/t10-;/m0./s1. The van der Waals surface area contributed by atoms with Crippen LogP contribution in [0.15, 0.2) is 18.2 Å². The third-order valence-electron chi connectivity index (χ3n) is 2.54. The molecular weight excluding hydrogens is 252 g/mol. The molecule has 1 rings (SSSR count). The Morgan fingerprint density at radius 1 is 1.50 bits per heavy atom. The molecule has 0 saturated heterocycles. The molecule has 0 aliphatic carbocycles. The van der Waals surface area contributed by atoms with E-state index in [2.05, 4.69) is 0 Å². The number of aliphatic hydroxyl groups excluding tert-OH is 1. The molecule has 92 valence electrons. The molecule has 0 heterocycles. The van der Waals surface area contributed by atoms with Crippen molar-refractivity contribution in [2.24, 2.45) is 11.1 Å². The number of aliphatic hydroxyl groups is 1. The van der Waals surface area contributed by atoms with Crippen LogP contribution in [-0.4, -0.2) is 11.7 Å². The van der Waals surface area contributed by atoms with E-state index in [1.54, 1.807) is 13.8 Å². The van der Waals surface area contributed by atoms with Crippen LogP contribution in [-0.2, 0) is 0 Å². The van der Waals surface area contributed by atoms with E-state index in [-0.39, 0.29) is 24.8 Å². The molecule has 0 spiro atoms. The minimum atomic E-state index is -0.530. The average Bonchev–Trinajstić information content (AvgIpc) is 2.20. The van der Waals surface area contributed by atoms with Gasteiger partial charge in [0.15, 0.2) is 0 Å². The van der Waals surface area contributed by atoms with Crippen molar-refractivity contribution in [2.45, 2.75) is 19.9 Å². The first-order chi connectivity index (χ1) is 6.88. The normalized spacial score (nSPS) is 13.1. The average molecular weight is 268 g/mol. The van der Waals surface area contributed by atoms with E-state index in [0.29, 0.717) is 10.6 Å². The molecule has 0 unspecified atom stereocenters. The lowest BCUT2D eigenvalue weighted by atomic mass is 9.82. The van der Waals surface area contributed by atoms with E-state index in [0.717, 1.165) is 0 Å². The van der Waals surface area contributed by atoms with E-state index in [4.69, 9.17) is 22.4 Å². The third-order valence-corrected chi connectivity index (χ3v) is 2.89. The Balaban J connectivity index is 0.00000225. The predicted molar refractivity (Wildman–Crippen MR) is 66.5 cm³/mol. The van der Waals surface area contributed by atoms with Crippen molar-refractivity contribution in [1.82, 2.24) is 0 Å². The number of hydrogen-bond acceptors (Lipinski definition) is 2. The highest BCUT2D eigenvalue weighted by atomic mass is 35.5. The van der Waals surface area contributed by atoms with E-state index in [1.165, 1.54) is 18.2 Å². The van der Waals surface area contributed by atoms with Crippen molar-refractivity contribution in [3.05, 3.63) is 34.6 Å². The molecule has 1 atom stereocenters. The van der Waals surface area contributed by atoms with Crippen molar-refractivity contribution >= 4 is 24.0 Å². The fraction of sp³-hybridized carbons (Fsp3) is 0.455. The van der Waals surface area contributed by atoms with Crippen LogP contribution in [0.5, 0.6) is 0 Å². The predicted octanol–water partition coefficient (Wildman–Crippen LogP) is 2.92. The lowest BCUT2D eigenvalue weighted by molar-refractivity contribution is 0.132. The van der Waals surface area contributed by atoms with Crippen molar-refractivity contribution in [3.8, 4) is 0 Å². The molecule has 0 fully saturated rings. The minimum absolute atomic E-state index is 0. The quantitative estimate of drug-likeness (QED) is 0.885. The van der Waals surface area contributed by atoms with Crippen LogP contribution < -0.4 is 5.73 Å². The molecular formula is C11H16Cl2FNO. The lowest BCUT2D eigenvalue weighted by Crippen LogP contribution is -2.32. The summed E-state index contributed by atoms with van der Waals surface area (Å²) >= 11 is 5.93. The Hall–Kier alpha value is -0.350. The fourth-order valence-electron chi connectivity index (χ4n) is 1.27. The fourth-order valence-corrected chi connectivity index (χ4v) is 1.51. The van der Waals surface area contributed by atoms with Crippen molar-refractivity contribution in [1.29, 1.82) is 0 Å². The van der Waals surface area contributed by atoms with Crippen LogP contribution in [0.25, 0.3) is 0 Å². The summed E-state index contributed by atoms with van der Waals surface area (Å²) < 4.78 is 13.0. The second kappa shape index (κ2) is 5.82. The Morgan fingerprint density at radius 2 is 2.06 bits per heavy atom. The highest BCUT2D eigenvalue weighted by Crippen LogP contribution is 2.34. The largest absolute Gasteiger partial charge is 0.396 e. The van der Waals surface area contributed by atoms with Crippen LogP contribution in [0, 0.1) is 11.2 Å². The lowest BCUT2D eigenvalue weighted by Gasteiger charge is -2.30.